The molecule has 0 spiro atoms. The van der Waals surface area contributed by atoms with Crippen molar-refractivity contribution in [1.82, 2.24) is 19.5 Å². The maximum absolute atomic E-state index is 8.68. The highest BCUT2D eigenvalue weighted by atomic mass is 15.0. The summed E-state index contributed by atoms with van der Waals surface area (Å²) < 4.78 is 44.4. The lowest BCUT2D eigenvalue weighted by atomic mass is 9.93. The van der Waals surface area contributed by atoms with Crippen LogP contribution in [-0.2, 0) is 0 Å². The molecule has 9 rings (SSSR count). The maximum Gasteiger partial charge on any atom is 0.164 e. The van der Waals surface area contributed by atoms with Crippen LogP contribution in [0.4, 0.5) is 0 Å². The standard InChI is InChI=1S/C43H28N4/c1-3-15-29(16-4-1)41-44-42(30-17-5-2-6-18-30)46-43(45-41)37-28-27-33(31-19-7-8-20-32(31)37)34-21-9-12-24-38(34)47-39-25-13-10-22-35(39)36-23-11-14-26-40(36)47/h1-28H/i1D,3D,4D,15D,16D. The molecule has 0 saturated carbocycles. The predicted molar refractivity (Wildman–Crippen MR) is 193 cm³/mol. The Bertz CT molecular complexity index is 2790. The quantitative estimate of drug-likeness (QED) is 0.196. The number of nitrogens with zero attached hydrogens (tertiary/aromatic N) is 4. The van der Waals surface area contributed by atoms with E-state index in [9.17, 15) is 0 Å². The van der Waals surface area contributed by atoms with E-state index in [1.165, 1.54) is 10.8 Å². The smallest absolute Gasteiger partial charge is 0.164 e. The summed E-state index contributed by atoms with van der Waals surface area (Å²) >= 11 is 0. The van der Waals surface area contributed by atoms with Crippen molar-refractivity contribution in [3.63, 3.8) is 0 Å². The maximum atomic E-state index is 8.68. The van der Waals surface area contributed by atoms with Gasteiger partial charge >= 0.3 is 0 Å². The van der Waals surface area contributed by atoms with Gasteiger partial charge in [0.25, 0.3) is 0 Å². The van der Waals surface area contributed by atoms with Crippen LogP contribution in [0.3, 0.4) is 0 Å². The molecule has 0 aliphatic rings. The average molecular weight is 606 g/mol. The molecule has 4 heteroatoms. The second-order valence-corrected chi connectivity index (χ2v) is 11.3. The Morgan fingerprint density at radius 2 is 0.894 bits per heavy atom. The topological polar surface area (TPSA) is 43.6 Å². The summed E-state index contributed by atoms with van der Waals surface area (Å²) in [6, 6.07) is 44.8. The minimum atomic E-state index is -0.473. The zero-order valence-corrected chi connectivity index (χ0v) is 25.1. The van der Waals surface area contributed by atoms with Gasteiger partial charge in [0.05, 0.1) is 23.6 Å². The van der Waals surface area contributed by atoms with Crippen molar-refractivity contribution >= 4 is 32.6 Å². The fourth-order valence-corrected chi connectivity index (χ4v) is 6.49. The van der Waals surface area contributed by atoms with E-state index in [0.29, 0.717) is 17.2 Å². The SMILES string of the molecule is [2H]c1c([2H])c([2H])c(-c2nc(-c3ccccc3)nc(-c3ccc(-c4ccccc4-n4c5ccccc5c5ccccc54)c4ccccc34)n2)c([2H])c1[2H]. The number of aromatic nitrogens is 4. The van der Waals surface area contributed by atoms with Gasteiger partial charge in [-0.15, -0.1) is 0 Å². The second kappa shape index (κ2) is 11.2. The van der Waals surface area contributed by atoms with Crippen LogP contribution in [0.15, 0.2) is 170 Å². The fraction of sp³-hybridized carbons (Fsp3) is 0. The molecule has 0 saturated heterocycles. The number of hydrogen-bond donors (Lipinski definition) is 0. The number of fused-ring (bicyclic) bond motifs is 4. The molecule has 47 heavy (non-hydrogen) atoms. The summed E-state index contributed by atoms with van der Waals surface area (Å²) in [6.45, 7) is 0. The predicted octanol–water partition coefficient (Wildman–Crippen LogP) is 10.8. The van der Waals surface area contributed by atoms with Gasteiger partial charge in [-0.1, -0.05) is 145 Å². The van der Waals surface area contributed by atoms with Gasteiger partial charge in [0, 0.05) is 33.0 Å². The van der Waals surface area contributed by atoms with Crippen molar-refractivity contribution in [1.29, 1.82) is 0 Å². The van der Waals surface area contributed by atoms with Gasteiger partial charge < -0.3 is 4.57 Å². The molecule has 220 valence electrons. The Balaban J connectivity index is 1.29. The molecule has 0 fully saturated rings. The minimum absolute atomic E-state index is 0.00530. The number of rotatable bonds is 5. The van der Waals surface area contributed by atoms with E-state index in [-0.39, 0.29) is 23.5 Å². The van der Waals surface area contributed by atoms with Crippen molar-refractivity contribution in [2.24, 2.45) is 0 Å². The average Bonchev–Trinajstić information content (AvgIpc) is 3.53. The molecule has 0 aliphatic heterocycles. The van der Waals surface area contributed by atoms with E-state index >= 15 is 0 Å². The summed E-state index contributed by atoms with van der Waals surface area (Å²) in [4.78, 5) is 14.4. The number of para-hydroxylation sites is 3. The lowest BCUT2D eigenvalue weighted by Crippen LogP contribution is -2.01. The molecule has 0 atom stereocenters. The molecule has 0 aliphatic carbocycles. The first kappa shape index (κ1) is 22.2. The van der Waals surface area contributed by atoms with Crippen LogP contribution in [0, 0.1) is 0 Å². The Hall–Kier alpha value is -6.39. The van der Waals surface area contributed by atoms with Gasteiger partial charge in [0.2, 0.25) is 0 Å². The first-order chi connectivity index (χ1) is 25.4. The van der Waals surface area contributed by atoms with E-state index in [2.05, 4.69) is 94.5 Å². The molecule has 4 nitrogen and oxygen atoms in total. The highest BCUT2D eigenvalue weighted by Crippen LogP contribution is 2.40. The molecule has 2 heterocycles. The third-order valence-corrected chi connectivity index (χ3v) is 8.57. The van der Waals surface area contributed by atoms with E-state index in [0.717, 1.165) is 44.2 Å². The zero-order valence-electron chi connectivity index (χ0n) is 30.1. The highest BCUT2D eigenvalue weighted by Gasteiger charge is 2.19. The molecule has 9 aromatic rings. The first-order valence-electron chi connectivity index (χ1n) is 17.9. The second-order valence-electron chi connectivity index (χ2n) is 11.3. The van der Waals surface area contributed by atoms with Gasteiger partial charge in [-0.25, -0.2) is 15.0 Å². The van der Waals surface area contributed by atoms with E-state index < -0.39 is 18.1 Å². The van der Waals surface area contributed by atoms with Gasteiger partial charge in [0.15, 0.2) is 17.5 Å². The van der Waals surface area contributed by atoms with Crippen LogP contribution in [-0.4, -0.2) is 19.5 Å². The van der Waals surface area contributed by atoms with E-state index in [1.54, 1.807) is 0 Å². The van der Waals surface area contributed by atoms with Gasteiger partial charge in [-0.05, 0) is 40.6 Å². The van der Waals surface area contributed by atoms with E-state index in [4.69, 9.17) is 16.8 Å². The molecule has 2 aromatic heterocycles. The monoisotopic (exact) mass is 605 g/mol. The lowest BCUT2D eigenvalue weighted by Gasteiger charge is -2.17. The molecular weight excluding hydrogens is 573 g/mol. The van der Waals surface area contributed by atoms with Crippen LogP contribution >= 0.6 is 0 Å². The van der Waals surface area contributed by atoms with Crippen LogP contribution < -0.4 is 0 Å². The van der Waals surface area contributed by atoms with Gasteiger partial charge in [0.1, 0.15) is 0 Å². The first-order valence-corrected chi connectivity index (χ1v) is 15.4. The van der Waals surface area contributed by atoms with Crippen LogP contribution in [0.5, 0.6) is 0 Å². The summed E-state index contributed by atoms with van der Waals surface area (Å²) in [7, 11) is 0. The van der Waals surface area contributed by atoms with Crippen LogP contribution in [0.2, 0.25) is 0 Å². The van der Waals surface area contributed by atoms with E-state index in [1.807, 2.05) is 54.6 Å². The van der Waals surface area contributed by atoms with Gasteiger partial charge in [-0.2, -0.15) is 0 Å². The van der Waals surface area contributed by atoms with Crippen molar-refractivity contribution in [2.45, 2.75) is 0 Å². The Kier molecular flexibility index (Phi) is 5.28. The number of benzene rings is 7. The van der Waals surface area contributed by atoms with Crippen molar-refractivity contribution in [2.75, 3.05) is 0 Å². The zero-order chi connectivity index (χ0) is 35.5. The molecule has 0 amide bonds. The van der Waals surface area contributed by atoms with Crippen molar-refractivity contribution < 1.29 is 6.85 Å². The van der Waals surface area contributed by atoms with Crippen LogP contribution in [0.25, 0.3) is 83.6 Å². The molecule has 0 unspecified atom stereocenters. The minimum Gasteiger partial charge on any atom is -0.309 e. The normalized spacial score (nSPS) is 12.9. The Morgan fingerprint density at radius 1 is 0.383 bits per heavy atom. The molecular formula is C43H28N4. The molecule has 7 aromatic carbocycles. The largest absolute Gasteiger partial charge is 0.309 e. The highest BCUT2D eigenvalue weighted by molar-refractivity contribution is 6.11. The van der Waals surface area contributed by atoms with Crippen molar-refractivity contribution in [3.8, 4) is 51.0 Å². The fourth-order valence-electron chi connectivity index (χ4n) is 6.49. The molecule has 0 radical (unpaired) electrons. The summed E-state index contributed by atoms with van der Waals surface area (Å²) in [5.41, 5.74) is 6.73. The third-order valence-electron chi connectivity index (χ3n) is 8.57. The molecule has 0 N–H and O–H groups in total. The summed E-state index contributed by atoms with van der Waals surface area (Å²) in [5, 5.41) is 4.26. The number of hydrogen-bond acceptors (Lipinski definition) is 3. The summed E-state index contributed by atoms with van der Waals surface area (Å²) in [5.74, 6) is 0.664. The third kappa shape index (κ3) is 4.58. The van der Waals surface area contributed by atoms with Gasteiger partial charge in [-0.3, -0.25) is 0 Å². The Morgan fingerprint density at radius 3 is 1.60 bits per heavy atom. The lowest BCUT2D eigenvalue weighted by molar-refractivity contribution is 1.08. The molecule has 0 bridgehead atoms. The van der Waals surface area contributed by atoms with Crippen LogP contribution in [0.1, 0.15) is 6.85 Å². The summed E-state index contributed by atoms with van der Waals surface area (Å²) in [6.07, 6.45) is 0. The Labute approximate surface area is 279 Å². The van der Waals surface area contributed by atoms with Crippen molar-refractivity contribution in [3.05, 3.63) is 170 Å².